The number of nitrogens with zero attached hydrogens (tertiary/aromatic N) is 7. The largest absolute Gasteiger partial charge is 0.374 e. The first-order valence-corrected chi connectivity index (χ1v) is 14.0. The maximum atomic E-state index is 11.8. The molecular weight excluding hydrogens is 454 g/mol. The number of aryl methyl sites for hydroxylation is 1. The van der Waals surface area contributed by atoms with Crippen LogP contribution in [-0.4, -0.2) is 84.3 Å². The van der Waals surface area contributed by atoms with Crippen LogP contribution in [0.5, 0.6) is 0 Å². The molecule has 0 aliphatic carbocycles. The smallest absolute Gasteiger partial charge is 0.225 e. The van der Waals surface area contributed by atoms with Crippen molar-refractivity contribution in [3.05, 3.63) is 35.4 Å². The van der Waals surface area contributed by atoms with Crippen molar-refractivity contribution >= 4 is 21.9 Å². The van der Waals surface area contributed by atoms with Gasteiger partial charge in [0.25, 0.3) is 0 Å². The summed E-state index contributed by atoms with van der Waals surface area (Å²) in [6.45, 7) is 7.27. The van der Waals surface area contributed by atoms with Crippen LogP contribution in [0.4, 0.5) is 11.9 Å². The lowest BCUT2D eigenvalue weighted by atomic mass is 9.98. The number of fused-ring (bicyclic) bond motifs is 1. The minimum atomic E-state index is -3.19. The van der Waals surface area contributed by atoms with Crippen molar-refractivity contribution in [1.82, 2.24) is 24.2 Å². The minimum Gasteiger partial charge on any atom is -0.374 e. The predicted molar refractivity (Wildman–Crippen MR) is 129 cm³/mol. The van der Waals surface area contributed by atoms with Gasteiger partial charge in [0.15, 0.2) is 0 Å². The zero-order chi connectivity index (χ0) is 23.7. The predicted octanol–water partition coefficient (Wildman–Crippen LogP) is 1.27. The maximum absolute atomic E-state index is 11.8. The van der Waals surface area contributed by atoms with Gasteiger partial charge in [0, 0.05) is 69.8 Å². The summed E-state index contributed by atoms with van der Waals surface area (Å²) in [4.78, 5) is 22.6. The highest BCUT2D eigenvalue weighted by molar-refractivity contribution is 7.88. The average Bonchev–Trinajstić information content (AvgIpc) is 2.82. The van der Waals surface area contributed by atoms with E-state index in [9.17, 15) is 8.42 Å². The fraction of sp³-hybridized carbons (Fsp3) is 0.652. The Labute approximate surface area is 201 Å². The molecule has 2 saturated heterocycles. The molecule has 0 saturated carbocycles. The molecule has 0 N–H and O–H groups in total. The number of aromatic nitrogens is 4. The summed E-state index contributed by atoms with van der Waals surface area (Å²) in [6, 6.07) is 0. The SMILES string of the molecule is CCc1cnc(N2CC(OCC3CCN(c4ncc5c(n4)CCN(S(C)(=O)=O)C5)CC3)C2)nc1. The minimum absolute atomic E-state index is 0.253. The number of hydrogen-bond donors (Lipinski definition) is 0. The first kappa shape index (κ1) is 23.4. The highest BCUT2D eigenvalue weighted by Gasteiger charge is 2.31. The molecule has 0 aromatic carbocycles. The van der Waals surface area contributed by atoms with E-state index in [0.717, 1.165) is 80.8 Å². The molecule has 3 aliphatic heterocycles. The zero-order valence-electron chi connectivity index (χ0n) is 19.9. The molecular formula is C23H33N7O3S. The second kappa shape index (κ2) is 9.71. The number of ether oxygens (including phenoxy) is 1. The van der Waals surface area contributed by atoms with E-state index in [1.54, 1.807) is 6.20 Å². The average molecular weight is 488 g/mol. The van der Waals surface area contributed by atoms with Crippen molar-refractivity contribution in [2.45, 2.75) is 45.3 Å². The zero-order valence-corrected chi connectivity index (χ0v) is 20.7. The van der Waals surface area contributed by atoms with Crippen LogP contribution in [0.3, 0.4) is 0 Å². The Morgan fingerprint density at radius 2 is 1.71 bits per heavy atom. The second-order valence-electron chi connectivity index (χ2n) is 9.52. The summed E-state index contributed by atoms with van der Waals surface area (Å²) >= 11 is 0. The summed E-state index contributed by atoms with van der Waals surface area (Å²) in [5.41, 5.74) is 3.03. The van der Waals surface area contributed by atoms with Crippen LogP contribution in [0, 0.1) is 5.92 Å². The lowest BCUT2D eigenvalue weighted by Gasteiger charge is -2.40. The van der Waals surface area contributed by atoms with Crippen LogP contribution in [0.25, 0.3) is 0 Å². The summed E-state index contributed by atoms with van der Waals surface area (Å²) in [5, 5.41) is 0. The van der Waals surface area contributed by atoms with Crippen molar-refractivity contribution in [3.63, 3.8) is 0 Å². The van der Waals surface area contributed by atoms with Gasteiger partial charge in [-0.1, -0.05) is 6.92 Å². The molecule has 184 valence electrons. The molecule has 2 aromatic heterocycles. The van der Waals surface area contributed by atoms with E-state index in [-0.39, 0.29) is 6.10 Å². The Hall–Kier alpha value is -2.37. The van der Waals surface area contributed by atoms with E-state index in [2.05, 4.69) is 31.7 Å². The van der Waals surface area contributed by atoms with Gasteiger partial charge in [-0.3, -0.25) is 0 Å². The lowest BCUT2D eigenvalue weighted by molar-refractivity contribution is 0.00767. The van der Waals surface area contributed by atoms with Crippen LogP contribution in [-0.2, 0) is 34.1 Å². The molecule has 0 unspecified atom stereocenters. The van der Waals surface area contributed by atoms with Gasteiger partial charge in [-0.2, -0.15) is 4.31 Å². The van der Waals surface area contributed by atoms with Crippen molar-refractivity contribution in [1.29, 1.82) is 0 Å². The van der Waals surface area contributed by atoms with E-state index in [1.807, 2.05) is 12.4 Å². The van der Waals surface area contributed by atoms with Gasteiger partial charge in [-0.25, -0.2) is 28.4 Å². The Kier molecular flexibility index (Phi) is 6.67. The number of piperidine rings is 1. The summed E-state index contributed by atoms with van der Waals surface area (Å²) in [6.07, 6.45) is 10.8. The van der Waals surface area contributed by atoms with Gasteiger partial charge in [0.1, 0.15) is 0 Å². The molecule has 0 spiro atoms. The monoisotopic (exact) mass is 487 g/mol. The fourth-order valence-electron chi connectivity index (χ4n) is 4.69. The highest BCUT2D eigenvalue weighted by atomic mass is 32.2. The normalized spacial score (nSPS) is 20.3. The van der Waals surface area contributed by atoms with E-state index >= 15 is 0 Å². The van der Waals surface area contributed by atoms with Crippen LogP contribution in [0.1, 0.15) is 36.6 Å². The van der Waals surface area contributed by atoms with Crippen molar-refractivity contribution in [2.24, 2.45) is 5.92 Å². The topological polar surface area (TPSA) is 105 Å². The molecule has 0 amide bonds. The number of anilines is 2. The third kappa shape index (κ3) is 5.16. The highest BCUT2D eigenvalue weighted by Crippen LogP contribution is 2.26. The number of hydrogen-bond acceptors (Lipinski definition) is 9. The summed E-state index contributed by atoms with van der Waals surface area (Å²) < 4.78 is 31.3. The summed E-state index contributed by atoms with van der Waals surface area (Å²) in [5.74, 6) is 2.10. The quantitative estimate of drug-likeness (QED) is 0.571. The van der Waals surface area contributed by atoms with Crippen LogP contribution >= 0.6 is 0 Å². The Morgan fingerprint density at radius 1 is 1.00 bits per heavy atom. The maximum Gasteiger partial charge on any atom is 0.225 e. The van der Waals surface area contributed by atoms with Gasteiger partial charge < -0.3 is 14.5 Å². The molecule has 5 rings (SSSR count). The fourth-order valence-corrected chi connectivity index (χ4v) is 5.48. The van der Waals surface area contributed by atoms with Crippen molar-refractivity contribution < 1.29 is 13.2 Å². The van der Waals surface area contributed by atoms with Gasteiger partial charge in [0.2, 0.25) is 21.9 Å². The van der Waals surface area contributed by atoms with Crippen LogP contribution < -0.4 is 9.80 Å². The van der Waals surface area contributed by atoms with E-state index in [1.165, 1.54) is 10.6 Å². The van der Waals surface area contributed by atoms with Crippen molar-refractivity contribution in [2.75, 3.05) is 55.4 Å². The molecule has 3 aliphatic rings. The summed E-state index contributed by atoms with van der Waals surface area (Å²) in [7, 11) is -3.19. The Balaban J connectivity index is 1.06. The van der Waals surface area contributed by atoms with Gasteiger partial charge in [-0.05, 0) is 30.7 Å². The first-order valence-electron chi connectivity index (χ1n) is 12.1. The Bertz CT molecular complexity index is 1100. The molecule has 2 fully saturated rings. The molecule has 2 aromatic rings. The molecule has 34 heavy (non-hydrogen) atoms. The molecule has 5 heterocycles. The van der Waals surface area contributed by atoms with E-state index < -0.39 is 10.0 Å². The number of rotatable bonds is 7. The molecule has 0 atom stereocenters. The van der Waals surface area contributed by atoms with Gasteiger partial charge in [0.05, 0.1) is 24.7 Å². The Morgan fingerprint density at radius 3 is 2.38 bits per heavy atom. The van der Waals surface area contributed by atoms with Gasteiger partial charge >= 0.3 is 0 Å². The van der Waals surface area contributed by atoms with Crippen LogP contribution in [0.2, 0.25) is 0 Å². The molecule has 0 bridgehead atoms. The molecule has 10 nitrogen and oxygen atoms in total. The standard InChI is InChI=1S/C23H33N7O3S/c1-3-17-10-24-22(25-11-17)29-14-20(15-29)33-16-18-4-7-28(8-5-18)23-26-12-19-13-30(34(2,31)32)9-6-21(19)27-23/h10-12,18,20H,3-9,13-16H2,1-2H3. The van der Waals surface area contributed by atoms with Gasteiger partial charge in [-0.15, -0.1) is 0 Å². The second-order valence-corrected chi connectivity index (χ2v) is 11.5. The van der Waals surface area contributed by atoms with Crippen molar-refractivity contribution in [3.8, 4) is 0 Å². The number of sulfonamides is 1. The molecule has 11 heteroatoms. The van der Waals surface area contributed by atoms with E-state index in [0.29, 0.717) is 25.4 Å². The first-order chi connectivity index (χ1) is 16.4. The van der Waals surface area contributed by atoms with E-state index in [4.69, 9.17) is 9.72 Å². The van der Waals surface area contributed by atoms with Crippen LogP contribution in [0.15, 0.2) is 18.6 Å². The third-order valence-corrected chi connectivity index (χ3v) is 8.30. The third-order valence-electron chi connectivity index (χ3n) is 7.05. The lowest BCUT2D eigenvalue weighted by Crippen LogP contribution is -2.53. The molecule has 0 radical (unpaired) electrons.